The molecule has 0 aliphatic carbocycles. The lowest BCUT2D eigenvalue weighted by molar-refractivity contribution is -0.147. The van der Waals surface area contributed by atoms with Crippen molar-refractivity contribution in [2.75, 3.05) is 78.2 Å². The zero-order valence-electron chi connectivity index (χ0n) is 45.0. The van der Waals surface area contributed by atoms with Gasteiger partial charge in [-0.1, -0.05) is 97.4 Å². The molecule has 19 nitrogen and oxygen atoms in total. The van der Waals surface area contributed by atoms with Gasteiger partial charge >= 0.3 is 0 Å². The lowest BCUT2D eigenvalue weighted by Crippen LogP contribution is -2.52. The number of likely N-dealkylation sites (N-methyl/N-ethyl adjacent to an activating group) is 1. The lowest BCUT2D eigenvalue weighted by Gasteiger charge is -2.31. The summed E-state index contributed by atoms with van der Waals surface area (Å²) in [4.78, 5) is 116. The van der Waals surface area contributed by atoms with Gasteiger partial charge in [-0.2, -0.15) is 11.8 Å². The van der Waals surface area contributed by atoms with Gasteiger partial charge in [0.15, 0.2) is 0 Å². The Hall–Kier alpha value is -6.35. The summed E-state index contributed by atoms with van der Waals surface area (Å²) in [5.74, 6) is -1.62. The highest BCUT2D eigenvalue weighted by Crippen LogP contribution is 2.39. The van der Waals surface area contributed by atoms with Crippen molar-refractivity contribution in [3.8, 4) is 0 Å². The molecule has 20 heteroatoms. The molecule has 5 rings (SSSR count). The number of amides is 8. The first kappa shape index (κ1) is 61.5. The molecular formula is C57H83N11O8S. The zero-order valence-corrected chi connectivity index (χ0v) is 45.8. The van der Waals surface area contributed by atoms with Crippen molar-refractivity contribution in [1.29, 1.82) is 0 Å². The fourth-order valence-corrected chi connectivity index (χ4v) is 11.2. The fourth-order valence-electron chi connectivity index (χ4n) is 9.59. The molecule has 0 bridgehead atoms. The molecule has 9 N–H and O–H groups in total. The van der Waals surface area contributed by atoms with Crippen LogP contribution < -0.4 is 33.2 Å². The van der Waals surface area contributed by atoms with Crippen molar-refractivity contribution in [2.24, 2.45) is 23.1 Å². The number of nitrogens with one attached hydrogen (secondary N) is 3. The summed E-state index contributed by atoms with van der Waals surface area (Å²) in [7, 11) is 1.85. The number of hydrogen-bond acceptors (Lipinski definition) is 12. The van der Waals surface area contributed by atoms with E-state index in [2.05, 4.69) is 16.0 Å². The van der Waals surface area contributed by atoms with Crippen LogP contribution in [0.15, 0.2) is 91.0 Å². The summed E-state index contributed by atoms with van der Waals surface area (Å²) in [5.41, 5.74) is 19.6. The first-order valence-electron chi connectivity index (χ1n) is 27.3. The number of thioether (sulfide) groups is 1. The number of fused-ring (bicyclic) bond motifs is 1. The molecule has 2 fully saturated rings. The molecule has 0 aromatic heterocycles. The maximum atomic E-state index is 14.6. The van der Waals surface area contributed by atoms with Crippen LogP contribution in [-0.2, 0) is 58.0 Å². The van der Waals surface area contributed by atoms with Gasteiger partial charge in [0.2, 0.25) is 47.3 Å². The highest BCUT2D eigenvalue weighted by molar-refractivity contribution is 8.00. The predicted molar refractivity (Wildman–Crippen MR) is 299 cm³/mol. The van der Waals surface area contributed by atoms with E-state index in [0.717, 1.165) is 54.5 Å². The summed E-state index contributed by atoms with van der Waals surface area (Å²) in [6.07, 6.45) is 7.58. The number of hydrogen-bond donors (Lipinski definition) is 6. The van der Waals surface area contributed by atoms with Crippen LogP contribution in [0.4, 0.5) is 0 Å². The van der Waals surface area contributed by atoms with Gasteiger partial charge in [0, 0.05) is 56.9 Å². The number of nitrogens with two attached hydrogens (primary N) is 3. The first-order valence-corrected chi connectivity index (χ1v) is 28.4. The van der Waals surface area contributed by atoms with Gasteiger partial charge in [0.1, 0.15) is 19.1 Å². The minimum absolute atomic E-state index is 0.0112. The Bertz CT molecular complexity index is 2340. The number of rotatable bonds is 36. The van der Waals surface area contributed by atoms with Crippen molar-refractivity contribution in [1.82, 2.24) is 40.4 Å². The van der Waals surface area contributed by atoms with Crippen LogP contribution in [0.5, 0.6) is 0 Å². The highest BCUT2D eigenvalue weighted by Gasteiger charge is 2.42. The third-order valence-corrected chi connectivity index (χ3v) is 15.5. The van der Waals surface area contributed by atoms with Crippen LogP contribution in [0, 0.1) is 5.92 Å². The Kier molecular flexibility index (Phi) is 26.9. The summed E-state index contributed by atoms with van der Waals surface area (Å²) in [5, 5.41) is 9.15. The van der Waals surface area contributed by atoms with Gasteiger partial charge in [-0.05, 0) is 113 Å². The molecule has 2 saturated heterocycles. The van der Waals surface area contributed by atoms with Crippen LogP contribution in [0.3, 0.4) is 0 Å². The van der Waals surface area contributed by atoms with E-state index in [1.807, 2.05) is 115 Å². The average Bonchev–Trinajstić information content (AvgIpc) is 3.98. The molecule has 3 aromatic rings. The van der Waals surface area contributed by atoms with E-state index in [9.17, 15) is 38.4 Å². The molecule has 2 heterocycles. The van der Waals surface area contributed by atoms with Gasteiger partial charge in [-0.15, -0.1) is 0 Å². The predicted octanol–water partition coefficient (Wildman–Crippen LogP) is 2.75. The van der Waals surface area contributed by atoms with Crippen LogP contribution in [0.1, 0.15) is 93.7 Å². The van der Waals surface area contributed by atoms with E-state index in [1.165, 1.54) is 19.6 Å². The van der Waals surface area contributed by atoms with E-state index in [0.29, 0.717) is 75.9 Å². The van der Waals surface area contributed by atoms with Gasteiger partial charge in [0.05, 0.1) is 19.6 Å². The third-order valence-electron chi connectivity index (χ3n) is 13.9. The van der Waals surface area contributed by atoms with E-state index < -0.39 is 48.7 Å². The molecular weight excluding hydrogens is 999 g/mol. The quantitative estimate of drug-likeness (QED) is 0.0460. The minimum atomic E-state index is -1.04. The van der Waals surface area contributed by atoms with E-state index in [1.54, 1.807) is 0 Å². The van der Waals surface area contributed by atoms with Crippen molar-refractivity contribution < 1.29 is 38.4 Å². The van der Waals surface area contributed by atoms with Crippen molar-refractivity contribution >= 4 is 59.0 Å². The van der Waals surface area contributed by atoms with Gasteiger partial charge in [-0.25, -0.2) is 0 Å². The van der Waals surface area contributed by atoms with E-state index in [4.69, 9.17) is 17.2 Å². The standard InChI is InChI=1S/C57H83N11O8S/c1-64(31-17-14-28-58)38-52(72)67(35-44-21-7-3-8-22-44)40-53(73)65(32-18-15-29-59)39-54(74)68(36-45-23-9-4-10-24-45)41-55(75)66(34-43-19-5-2-6-20-43)37-51(71)62-47(57(60)76)25-13-16-30-61-49(69)27-12-11-26-48-56-46(42-77-48)33-50(70)63-56/h2-10,19-24,46-48,56H,11-18,25-42,58-59H2,1H3,(H2,60,76)(H,61,69)(H,62,71)(H,63,70)/t46-,47-,48?,56-/m0/s1. The summed E-state index contributed by atoms with van der Waals surface area (Å²) in [6.45, 7) is 0.874. The van der Waals surface area contributed by atoms with Crippen molar-refractivity contribution in [2.45, 2.75) is 114 Å². The second kappa shape index (κ2) is 33.7. The van der Waals surface area contributed by atoms with E-state index >= 15 is 0 Å². The fraction of sp³-hybridized carbons (Fsp3) is 0.544. The average molecular weight is 1080 g/mol. The van der Waals surface area contributed by atoms with Crippen LogP contribution in [0.25, 0.3) is 0 Å². The highest BCUT2D eigenvalue weighted by atomic mass is 32.2. The minimum Gasteiger partial charge on any atom is -0.368 e. The van der Waals surface area contributed by atoms with E-state index in [-0.39, 0.29) is 76.0 Å². The Morgan fingerprint density at radius 1 is 0.610 bits per heavy atom. The van der Waals surface area contributed by atoms with Crippen molar-refractivity contribution in [3.63, 3.8) is 0 Å². The summed E-state index contributed by atoms with van der Waals surface area (Å²) < 4.78 is 0. The molecule has 420 valence electrons. The summed E-state index contributed by atoms with van der Waals surface area (Å²) in [6, 6.07) is 26.8. The molecule has 0 radical (unpaired) electrons. The Morgan fingerprint density at radius 2 is 1.12 bits per heavy atom. The van der Waals surface area contributed by atoms with Gasteiger partial charge < -0.3 is 52.8 Å². The molecule has 2 aliphatic rings. The topological polar surface area (TPSA) is 267 Å². The second-order valence-electron chi connectivity index (χ2n) is 20.3. The Labute approximate surface area is 459 Å². The molecule has 4 atom stereocenters. The van der Waals surface area contributed by atoms with Gasteiger partial charge in [-0.3, -0.25) is 43.3 Å². The van der Waals surface area contributed by atoms with Gasteiger partial charge in [0.25, 0.3) is 0 Å². The van der Waals surface area contributed by atoms with Crippen LogP contribution >= 0.6 is 11.8 Å². The molecule has 8 amide bonds. The molecule has 0 saturated carbocycles. The summed E-state index contributed by atoms with van der Waals surface area (Å²) >= 11 is 1.91. The Morgan fingerprint density at radius 3 is 1.66 bits per heavy atom. The molecule has 3 aromatic carbocycles. The number of benzene rings is 3. The monoisotopic (exact) mass is 1080 g/mol. The number of nitrogens with zero attached hydrogens (tertiary/aromatic N) is 5. The SMILES string of the molecule is CN(CCCCN)CC(=O)N(CC(=O)N(CCCCN)CC(=O)N(CC(=O)N(CC(=O)N[C@@H](CCCCNC(=O)CCCCC1SC[C@@H]2CC(=O)N[C@H]12)C(N)=O)Cc1ccccc1)Cc1ccccc1)Cc1ccccc1. The maximum Gasteiger partial charge on any atom is 0.242 e. The molecule has 1 unspecified atom stereocenters. The number of primary amides is 1. The Balaban J connectivity index is 1.21. The molecule has 0 spiro atoms. The maximum absolute atomic E-state index is 14.6. The largest absolute Gasteiger partial charge is 0.368 e. The van der Waals surface area contributed by atoms with Crippen LogP contribution in [0.2, 0.25) is 0 Å². The van der Waals surface area contributed by atoms with Crippen LogP contribution in [-0.4, -0.2) is 167 Å². The number of carbonyl (C=O) groups excluding carboxylic acids is 8. The number of carbonyl (C=O) groups is 8. The first-order chi connectivity index (χ1) is 37.2. The zero-order chi connectivity index (χ0) is 55.4. The molecule has 2 aliphatic heterocycles. The lowest BCUT2D eigenvalue weighted by atomic mass is 9.97. The third kappa shape index (κ3) is 22.3. The normalized spacial score (nSPS) is 16.0. The second-order valence-corrected chi connectivity index (χ2v) is 21.6. The molecule has 77 heavy (non-hydrogen) atoms. The van der Waals surface area contributed by atoms with Crippen molar-refractivity contribution in [3.05, 3.63) is 108 Å². The number of unbranched alkanes of at least 4 members (excludes halogenated alkanes) is 4. The smallest absolute Gasteiger partial charge is 0.242 e.